The molecule has 4 heteroatoms. The van der Waals surface area contributed by atoms with Crippen LogP contribution in [0.15, 0.2) is 23.0 Å². The van der Waals surface area contributed by atoms with E-state index in [0.29, 0.717) is 18.8 Å². The molecule has 2 N–H and O–H groups in total. The van der Waals surface area contributed by atoms with Crippen LogP contribution in [0.4, 0.5) is 0 Å². The fourth-order valence-corrected chi connectivity index (χ4v) is 3.08. The first-order valence-electron chi connectivity index (χ1n) is 7.57. The molecule has 0 bridgehead atoms. The van der Waals surface area contributed by atoms with E-state index in [-0.39, 0.29) is 12.5 Å². The molecule has 1 aromatic rings. The highest BCUT2D eigenvalue weighted by atomic mass is 16.3. The van der Waals surface area contributed by atoms with Crippen LogP contribution in [0, 0.1) is 5.92 Å². The summed E-state index contributed by atoms with van der Waals surface area (Å²) in [6, 6.07) is 1.87. The summed E-state index contributed by atoms with van der Waals surface area (Å²) in [6.07, 6.45) is 10.3. The second-order valence-corrected chi connectivity index (χ2v) is 6.09. The molecule has 0 saturated heterocycles. The van der Waals surface area contributed by atoms with Gasteiger partial charge in [0.2, 0.25) is 5.91 Å². The van der Waals surface area contributed by atoms with Crippen LogP contribution in [0.1, 0.15) is 51.0 Å². The van der Waals surface area contributed by atoms with Gasteiger partial charge in [0, 0.05) is 6.42 Å². The fraction of sp³-hybridized carbons (Fsp3) is 0.688. The van der Waals surface area contributed by atoms with Gasteiger partial charge in [-0.05, 0) is 43.7 Å². The van der Waals surface area contributed by atoms with Gasteiger partial charge in [-0.2, -0.15) is 0 Å². The van der Waals surface area contributed by atoms with Gasteiger partial charge in [-0.15, -0.1) is 0 Å². The molecule has 1 atom stereocenters. The van der Waals surface area contributed by atoms with Crippen molar-refractivity contribution in [1.29, 1.82) is 0 Å². The second kappa shape index (κ2) is 6.93. The normalized spacial score (nSPS) is 19.5. The van der Waals surface area contributed by atoms with Gasteiger partial charge in [0.25, 0.3) is 0 Å². The van der Waals surface area contributed by atoms with Crippen molar-refractivity contribution in [3.63, 3.8) is 0 Å². The molecule has 1 amide bonds. The number of hydrogen-bond acceptors (Lipinski definition) is 3. The number of hydrogen-bond donors (Lipinski definition) is 2. The smallest absolute Gasteiger partial charge is 0.220 e. The lowest BCUT2D eigenvalue weighted by Crippen LogP contribution is -2.54. The highest BCUT2D eigenvalue weighted by molar-refractivity contribution is 5.77. The van der Waals surface area contributed by atoms with E-state index >= 15 is 0 Å². The molecule has 112 valence electrons. The van der Waals surface area contributed by atoms with E-state index in [1.165, 1.54) is 19.3 Å². The average molecular weight is 279 g/mol. The minimum Gasteiger partial charge on any atom is -0.472 e. The number of nitrogens with one attached hydrogen (secondary N) is 1. The van der Waals surface area contributed by atoms with Crippen molar-refractivity contribution in [2.75, 3.05) is 6.61 Å². The van der Waals surface area contributed by atoms with Crippen molar-refractivity contribution < 1.29 is 14.3 Å². The maximum absolute atomic E-state index is 12.1. The van der Waals surface area contributed by atoms with E-state index in [1.54, 1.807) is 12.5 Å². The van der Waals surface area contributed by atoms with Crippen molar-refractivity contribution in [2.45, 2.75) is 57.4 Å². The first-order valence-corrected chi connectivity index (χ1v) is 7.57. The second-order valence-electron chi connectivity index (χ2n) is 6.09. The van der Waals surface area contributed by atoms with Gasteiger partial charge >= 0.3 is 0 Å². The first-order chi connectivity index (χ1) is 9.64. The number of aryl methyl sites for hydroxylation is 1. The Morgan fingerprint density at radius 3 is 2.80 bits per heavy atom. The molecule has 4 nitrogen and oxygen atoms in total. The number of aliphatic hydroxyl groups excluding tert-OH is 1. The predicted molar refractivity (Wildman–Crippen MR) is 77.2 cm³/mol. The molecule has 1 heterocycles. The zero-order valence-electron chi connectivity index (χ0n) is 12.2. The van der Waals surface area contributed by atoms with E-state index in [2.05, 4.69) is 5.32 Å². The van der Waals surface area contributed by atoms with Crippen LogP contribution in [0.3, 0.4) is 0 Å². The number of furan rings is 1. The van der Waals surface area contributed by atoms with Gasteiger partial charge < -0.3 is 14.8 Å². The monoisotopic (exact) mass is 279 g/mol. The molecule has 0 unspecified atom stereocenters. The van der Waals surface area contributed by atoms with Crippen molar-refractivity contribution in [2.24, 2.45) is 5.92 Å². The lowest BCUT2D eigenvalue weighted by atomic mass is 9.76. The summed E-state index contributed by atoms with van der Waals surface area (Å²) < 4.78 is 4.99. The van der Waals surface area contributed by atoms with E-state index < -0.39 is 5.54 Å². The van der Waals surface area contributed by atoms with E-state index in [9.17, 15) is 9.90 Å². The molecule has 2 rings (SSSR count). The Bertz CT molecular complexity index is 409. The summed E-state index contributed by atoms with van der Waals surface area (Å²) in [5.74, 6) is 0.396. The van der Waals surface area contributed by atoms with E-state index in [0.717, 1.165) is 18.4 Å². The van der Waals surface area contributed by atoms with E-state index in [1.807, 2.05) is 13.0 Å². The molecule has 0 radical (unpaired) electrons. The Labute approximate surface area is 120 Å². The van der Waals surface area contributed by atoms with Crippen LogP contribution in [-0.4, -0.2) is 23.2 Å². The topological polar surface area (TPSA) is 62.5 Å². The lowest BCUT2D eigenvalue weighted by molar-refractivity contribution is -0.124. The third-order valence-electron chi connectivity index (χ3n) is 4.48. The summed E-state index contributed by atoms with van der Waals surface area (Å²) in [4.78, 5) is 12.1. The Balaban J connectivity index is 1.86. The molecular weight excluding hydrogens is 254 g/mol. The quantitative estimate of drug-likeness (QED) is 0.841. The molecule has 20 heavy (non-hydrogen) atoms. The maximum Gasteiger partial charge on any atom is 0.220 e. The first kappa shape index (κ1) is 15.1. The molecule has 0 spiro atoms. The molecule has 1 aromatic heterocycles. The van der Waals surface area contributed by atoms with Crippen LogP contribution >= 0.6 is 0 Å². The van der Waals surface area contributed by atoms with Gasteiger partial charge in [0.1, 0.15) is 0 Å². The minimum absolute atomic E-state index is 0.00771. The highest BCUT2D eigenvalue weighted by Crippen LogP contribution is 2.32. The molecule has 0 aliphatic heterocycles. The van der Waals surface area contributed by atoms with Crippen molar-refractivity contribution in [3.05, 3.63) is 24.2 Å². The standard InChI is InChI=1S/C16H25NO3/c1-16(12-18,14-5-3-2-4-6-14)17-15(19)8-7-13-9-10-20-11-13/h9-11,14,18H,2-8,12H2,1H3,(H,17,19)/t16-/m1/s1. The summed E-state index contributed by atoms with van der Waals surface area (Å²) in [5, 5.41) is 12.8. The number of aliphatic hydroxyl groups is 1. The van der Waals surface area contributed by atoms with Crippen LogP contribution < -0.4 is 5.32 Å². The molecule has 0 aromatic carbocycles. The summed E-state index contributed by atoms with van der Waals surface area (Å²) in [5.41, 5.74) is 0.553. The fourth-order valence-electron chi connectivity index (χ4n) is 3.08. The van der Waals surface area contributed by atoms with Gasteiger partial charge in [-0.1, -0.05) is 19.3 Å². The molecule has 1 fully saturated rings. The molecule has 1 aliphatic rings. The number of amides is 1. The Morgan fingerprint density at radius 1 is 1.45 bits per heavy atom. The zero-order chi connectivity index (χ0) is 14.4. The largest absolute Gasteiger partial charge is 0.472 e. The number of carbonyl (C=O) groups excluding carboxylic acids is 1. The summed E-state index contributed by atoms with van der Waals surface area (Å²) >= 11 is 0. The Hall–Kier alpha value is -1.29. The molecular formula is C16H25NO3. The zero-order valence-corrected chi connectivity index (χ0v) is 12.2. The molecule has 1 saturated carbocycles. The number of carbonyl (C=O) groups is 1. The highest BCUT2D eigenvalue weighted by Gasteiger charge is 2.35. The van der Waals surface area contributed by atoms with Crippen LogP contribution in [0.5, 0.6) is 0 Å². The van der Waals surface area contributed by atoms with Crippen LogP contribution in [0.2, 0.25) is 0 Å². The average Bonchev–Trinajstić information content (AvgIpc) is 2.99. The van der Waals surface area contributed by atoms with Crippen LogP contribution in [-0.2, 0) is 11.2 Å². The van der Waals surface area contributed by atoms with Gasteiger partial charge in [-0.3, -0.25) is 4.79 Å². The summed E-state index contributed by atoms with van der Waals surface area (Å²) in [6.45, 7) is 1.98. The van der Waals surface area contributed by atoms with Crippen LogP contribution in [0.25, 0.3) is 0 Å². The lowest BCUT2D eigenvalue weighted by Gasteiger charge is -2.39. The SMILES string of the molecule is C[C@](CO)(NC(=O)CCc1ccoc1)C1CCCCC1. The van der Waals surface area contributed by atoms with Crippen molar-refractivity contribution in [1.82, 2.24) is 5.32 Å². The van der Waals surface area contributed by atoms with Gasteiger partial charge in [0.05, 0.1) is 24.7 Å². The van der Waals surface area contributed by atoms with Gasteiger partial charge in [-0.25, -0.2) is 0 Å². The van der Waals surface area contributed by atoms with Crippen molar-refractivity contribution >= 4 is 5.91 Å². The minimum atomic E-state index is -0.478. The Kier molecular flexibility index (Phi) is 5.24. The predicted octanol–water partition coefficient (Wildman–Crippen LogP) is 2.66. The number of rotatable bonds is 6. The Morgan fingerprint density at radius 2 is 2.20 bits per heavy atom. The maximum atomic E-state index is 12.1. The summed E-state index contributed by atoms with van der Waals surface area (Å²) in [7, 11) is 0. The van der Waals surface area contributed by atoms with Crippen molar-refractivity contribution in [3.8, 4) is 0 Å². The molecule has 1 aliphatic carbocycles. The van der Waals surface area contributed by atoms with E-state index in [4.69, 9.17) is 4.42 Å². The third-order valence-corrected chi connectivity index (χ3v) is 4.48. The van der Waals surface area contributed by atoms with Gasteiger partial charge in [0.15, 0.2) is 0 Å². The third kappa shape index (κ3) is 3.85.